The van der Waals surface area contributed by atoms with Crippen molar-refractivity contribution in [2.75, 3.05) is 5.32 Å². The summed E-state index contributed by atoms with van der Waals surface area (Å²) in [6.45, 7) is 0. The van der Waals surface area contributed by atoms with E-state index < -0.39 is 6.04 Å². The first-order valence-corrected chi connectivity index (χ1v) is 7.91. The number of nitrogens with zero attached hydrogens (tertiary/aromatic N) is 1. The Balaban J connectivity index is 1.78. The number of aliphatic imine (C=N–C) groups is 1. The molecule has 1 aliphatic rings. The van der Waals surface area contributed by atoms with Crippen LogP contribution in [0.2, 0.25) is 5.02 Å². The van der Waals surface area contributed by atoms with E-state index in [1.165, 1.54) is 6.21 Å². The number of carbonyl (C=O) groups is 2. The fraction of sp³-hybridized carbons (Fsp3) is 0.0625. The molecular formula is C16H11BrClN3O2. The topological polar surface area (TPSA) is 70.6 Å². The van der Waals surface area contributed by atoms with E-state index >= 15 is 0 Å². The molecule has 116 valence electrons. The standard InChI is InChI=1S/C16H11BrClN3O2/c17-10-3-1-9(2-4-10)15(22)21-14-8-19-12-6-5-11(18)7-13(12)20-16(14)23/h1-8,14H,(H,20,23)(H,21,22)/t14-/m0/s1. The molecular weight excluding hydrogens is 382 g/mol. The van der Waals surface area contributed by atoms with Gasteiger partial charge in [0.05, 0.1) is 11.4 Å². The van der Waals surface area contributed by atoms with E-state index in [1.54, 1.807) is 42.5 Å². The van der Waals surface area contributed by atoms with Gasteiger partial charge in [0.1, 0.15) is 6.04 Å². The summed E-state index contributed by atoms with van der Waals surface area (Å²) in [6, 6.07) is 11.0. The SMILES string of the molecule is O=C(N[C@H]1C=Nc2ccc(Cl)cc2NC1=O)c1ccc(Br)cc1. The third-order valence-corrected chi connectivity index (χ3v) is 4.02. The van der Waals surface area contributed by atoms with Gasteiger partial charge >= 0.3 is 0 Å². The summed E-state index contributed by atoms with van der Waals surface area (Å²) < 4.78 is 0.871. The number of hydrogen-bond acceptors (Lipinski definition) is 3. The molecule has 0 aromatic heterocycles. The van der Waals surface area contributed by atoms with Gasteiger partial charge in [-0.05, 0) is 42.5 Å². The number of carbonyl (C=O) groups excluding carboxylic acids is 2. The van der Waals surface area contributed by atoms with Crippen LogP contribution in [0.1, 0.15) is 10.4 Å². The smallest absolute Gasteiger partial charge is 0.252 e. The Hall–Kier alpha value is -2.18. The van der Waals surface area contributed by atoms with Crippen molar-refractivity contribution in [2.45, 2.75) is 6.04 Å². The summed E-state index contributed by atoms with van der Waals surface area (Å²) in [4.78, 5) is 28.7. The first kappa shape index (κ1) is 15.7. The average Bonchev–Trinajstić information content (AvgIpc) is 2.67. The number of rotatable bonds is 2. The van der Waals surface area contributed by atoms with Gasteiger partial charge < -0.3 is 10.6 Å². The molecule has 0 bridgehead atoms. The Bertz CT molecular complexity index is 805. The summed E-state index contributed by atoms with van der Waals surface area (Å²) in [6.07, 6.45) is 1.41. The van der Waals surface area contributed by atoms with E-state index in [-0.39, 0.29) is 11.8 Å². The average molecular weight is 393 g/mol. The van der Waals surface area contributed by atoms with E-state index in [2.05, 4.69) is 31.6 Å². The van der Waals surface area contributed by atoms with Crippen LogP contribution in [0.3, 0.4) is 0 Å². The van der Waals surface area contributed by atoms with Gasteiger partial charge in [-0.1, -0.05) is 27.5 Å². The molecule has 1 aliphatic heterocycles. The number of fused-ring (bicyclic) bond motifs is 1. The molecule has 0 spiro atoms. The fourth-order valence-corrected chi connectivity index (χ4v) is 2.52. The number of nitrogens with one attached hydrogen (secondary N) is 2. The maximum atomic E-state index is 12.2. The van der Waals surface area contributed by atoms with E-state index in [1.807, 2.05) is 0 Å². The Kier molecular flexibility index (Phi) is 4.45. The van der Waals surface area contributed by atoms with E-state index in [9.17, 15) is 9.59 Å². The molecule has 2 N–H and O–H groups in total. The highest BCUT2D eigenvalue weighted by Gasteiger charge is 2.23. The molecule has 7 heteroatoms. The van der Waals surface area contributed by atoms with Crippen molar-refractivity contribution in [3.05, 3.63) is 57.5 Å². The van der Waals surface area contributed by atoms with Crippen molar-refractivity contribution in [3.8, 4) is 0 Å². The highest BCUT2D eigenvalue weighted by atomic mass is 79.9. The van der Waals surface area contributed by atoms with Crippen molar-refractivity contribution in [1.82, 2.24) is 5.32 Å². The number of halogens is 2. The number of benzene rings is 2. The highest BCUT2D eigenvalue weighted by Crippen LogP contribution is 2.29. The van der Waals surface area contributed by atoms with Gasteiger partial charge in [0.2, 0.25) is 0 Å². The molecule has 0 saturated carbocycles. The summed E-state index contributed by atoms with van der Waals surface area (Å²) >= 11 is 9.22. The molecule has 1 heterocycles. The zero-order valence-corrected chi connectivity index (χ0v) is 14.1. The Morgan fingerprint density at radius 3 is 2.70 bits per heavy atom. The quantitative estimate of drug-likeness (QED) is 0.820. The summed E-state index contributed by atoms with van der Waals surface area (Å²) in [5.74, 6) is -0.728. The van der Waals surface area contributed by atoms with Crippen LogP contribution in [-0.2, 0) is 4.79 Å². The maximum Gasteiger partial charge on any atom is 0.252 e. The first-order valence-electron chi connectivity index (χ1n) is 6.74. The van der Waals surface area contributed by atoms with Gasteiger partial charge in [-0.25, -0.2) is 0 Å². The predicted octanol–water partition coefficient (Wildman–Crippen LogP) is 3.56. The number of anilines is 1. The van der Waals surface area contributed by atoms with Crippen molar-refractivity contribution in [1.29, 1.82) is 0 Å². The molecule has 5 nitrogen and oxygen atoms in total. The van der Waals surface area contributed by atoms with Crippen LogP contribution in [0.25, 0.3) is 0 Å². The van der Waals surface area contributed by atoms with Gasteiger partial charge in [0, 0.05) is 21.3 Å². The fourth-order valence-electron chi connectivity index (χ4n) is 2.08. The number of amides is 2. The van der Waals surface area contributed by atoms with Gasteiger partial charge in [0.15, 0.2) is 0 Å². The van der Waals surface area contributed by atoms with Gasteiger partial charge in [0.25, 0.3) is 11.8 Å². The Morgan fingerprint density at radius 2 is 1.96 bits per heavy atom. The van der Waals surface area contributed by atoms with Crippen LogP contribution in [0.5, 0.6) is 0 Å². The lowest BCUT2D eigenvalue weighted by molar-refractivity contribution is -0.116. The maximum absolute atomic E-state index is 12.2. The number of hydrogen-bond donors (Lipinski definition) is 2. The lowest BCUT2D eigenvalue weighted by Gasteiger charge is -2.13. The molecule has 1 atom stereocenters. The molecule has 0 radical (unpaired) electrons. The normalized spacial score (nSPS) is 16.3. The second kappa shape index (κ2) is 6.52. The van der Waals surface area contributed by atoms with E-state index in [0.717, 1.165) is 4.47 Å². The van der Waals surface area contributed by atoms with Crippen LogP contribution >= 0.6 is 27.5 Å². The molecule has 0 saturated heterocycles. The zero-order valence-electron chi connectivity index (χ0n) is 11.7. The minimum Gasteiger partial charge on any atom is -0.336 e. The molecule has 0 fully saturated rings. The molecule has 2 amide bonds. The van der Waals surface area contributed by atoms with Gasteiger partial charge in [-0.15, -0.1) is 0 Å². The monoisotopic (exact) mass is 391 g/mol. The first-order chi connectivity index (χ1) is 11.0. The Morgan fingerprint density at radius 1 is 1.22 bits per heavy atom. The summed E-state index contributed by atoms with van der Waals surface area (Å²) in [5.41, 5.74) is 1.56. The minimum atomic E-state index is -0.864. The molecule has 3 rings (SSSR count). The van der Waals surface area contributed by atoms with E-state index in [4.69, 9.17) is 11.6 Å². The molecule has 2 aromatic rings. The third kappa shape index (κ3) is 3.60. The van der Waals surface area contributed by atoms with Crippen molar-refractivity contribution < 1.29 is 9.59 Å². The van der Waals surface area contributed by atoms with Gasteiger partial charge in [-0.2, -0.15) is 0 Å². The zero-order chi connectivity index (χ0) is 16.4. The molecule has 0 unspecified atom stereocenters. The van der Waals surface area contributed by atoms with Crippen molar-refractivity contribution in [3.63, 3.8) is 0 Å². The lowest BCUT2D eigenvalue weighted by atomic mass is 10.2. The predicted molar refractivity (Wildman–Crippen MR) is 93.6 cm³/mol. The second-order valence-electron chi connectivity index (χ2n) is 4.89. The Labute approximate surface area is 145 Å². The third-order valence-electron chi connectivity index (χ3n) is 3.25. The lowest BCUT2D eigenvalue weighted by Crippen LogP contribution is -2.44. The van der Waals surface area contributed by atoms with Crippen LogP contribution in [0.4, 0.5) is 11.4 Å². The minimum absolute atomic E-state index is 0.354. The van der Waals surface area contributed by atoms with Gasteiger partial charge in [-0.3, -0.25) is 14.6 Å². The highest BCUT2D eigenvalue weighted by molar-refractivity contribution is 9.10. The van der Waals surface area contributed by atoms with Crippen LogP contribution in [-0.4, -0.2) is 24.1 Å². The van der Waals surface area contributed by atoms with Crippen molar-refractivity contribution in [2.24, 2.45) is 4.99 Å². The summed E-state index contributed by atoms with van der Waals surface area (Å²) in [5, 5.41) is 5.85. The largest absolute Gasteiger partial charge is 0.336 e. The summed E-state index contributed by atoms with van der Waals surface area (Å²) in [7, 11) is 0. The van der Waals surface area contributed by atoms with Crippen LogP contribution < -0.4 is 10.6 Å². The molecule has 23 heavy (non-hydrogen) atoms. The van der Waals surface area contributed by atoms with Crippen molar-refractivity contribution >= 4 is 56.9 Å². The molecule has 0 aliphatic carbocycles. The second-order valence-corrected chi connectivity index (χ2v) is 6.24. The molecule has 2 aromatic carbocycles. The van der Waals surface area contributed by atoms with E-state index in [0.29, 0.717) is 22.0 Å². The van der Waals surface area contributed by atoms with Crippen LogP contribution in [0, 0.1) is 0 Å². The van der Waals surface area contributed by atoms with Crippen LogP contribution in [0.15, 0.2) is 51.9 Å².